The lowest BCUT2D eigenvalue weighted by Gasteiger charge is -2.26. The first-order valence-corrected chi connectivity index (χ1v) is 6.07. The molecule has 0 radical (unpaired) electrons. The maximum absolute atomic E-state index is 5.91. The second-order valence-corrected chi connectivity index (χ2v) is 5.05. The van der Waals surface area contributed by atoms with E-state index in [4.69, 9.17) is 16.2 Å². The number of nitrogens with two attached hydrogens (primary N) is 2. The van der Waals surface area contributed by atoms with E-state index in [1.807, 2.05) is 6.07 Å². The molecule has 2 rings (SSSR count). The molecule has 1 aromatic carbocycles. The van der Waals surface area contributed by atoms with E-state index in [1.54, 1.807) is 17.8 Å². The minimum absolute atomic E-state index is 0.506. The standard InChI is InChI=1S/C11H16N2OS/c1-2-3-7-6-14-10-8(12)4-5-9(13)11(10)15-7/h4-5,7H,2-3,6,12-13H2,1H3. The minimum atomic E-state index is 0.506. The number of thioether (sulfide) groups is 1. The summed E-state index contributed by atoms with van der Waals surface area (Å²) in [5.74, 6) is 0.771. The fourth-order valence-corrected chi connectivity index (χ4v) is 3.02. The molecule has 82 valence electrons. The lowest BCUT2D eigenvalue weighted by atomic mass is 10.2. The lowest BCUT2D eigenvalue weighted by molar-refractivity contribution is 0.299. The van der Waals surface area contributed by atoms with Gasteiger partial charge < -0.3 is 16.2 Å². The zero-order chi connectivity index (χ0) is 10.8. The number of anilines is 2. The van der Waals surface area contributed by atoms with Crippen LogP contribution in [0.15, 0.2) is 17.0 Å². The summed E-state index contributed by atoms with van der Waals surface area (Å²) in [6.45, 7) is 2.91. The molecule has 1 aromatic rings. The molecule has 1 unspecified atom stereocenters. The van der Waals surface area contributed by atoms with Crippen molar-refractivity contribution in [2.24, 2.45) is 0 Å². The molecule has 4 heteroatoms. The van der Waals surface area contributed by atoms with Crippen LogP contribution in [-0.2, 0) is 0 Å². The van der Waals surface area contributed by atoms with Crippen LogP contribution in [0.2, 0.25) is 0 Å². The highest BCUT2D eigenvalue weighted by atomic mass is 32.2. The van der Waals surface area contributed by atoms with E-state index >= 15 is 0 Å². The molecule has 4 N–H and O–H groups in total. The fourth-order valence-electron chi connectivity index (χ4n) is 1.70. The van der Waals surface area contributed by atoms with Gasteiger partial charge in [-0.05, 0) is 18.6 Å². The Labute approximate surface area is 94.2 Å². The van der Waals surface area contributed by atoms with Crippen LogP contribution in [0.4, 0.5) is 11.4 Å². The Kier molecular flexibility index (Phi) is 2.95. The minimum Gasteiger partial charge on any atom is -0.489 e. The number of ether oxygens (including phenoxy) is 1. The van der Waals surface area contributed by atoms with Crippen LogP contribution in [-0.4, -0.2) is 11.9 Å². The van der Waals surface area contributed by atoms with Crippen molar-refractivity contribution >= 4 is 23.1 Å². The molecule has 0 saturated carbocycles. The molecule has 15 heavy (non-hydrogen) atoms. The number of benzene rings is 1. The largest absolute Gasteiger partial charge is 0.489 e. The van der Waals surface area contributed by atoms with Crippen LogP contribution in [0.3, 0.4) is 0 Å². The SMILES string of the molecule is CCCC1COc2c(N)ccc(N)c2S1. The summed E-state index contributed by atoms with van der Waals surface area (Å²) in [5, 5.41) is 0.506. The van der Waals surface area contributed by atoms with E-state index in [2.05, 4.69) is 6.92 Å². The van der Waals surface area contributed by atoms with Gasteiger partial charge in [-0.15, -0.1) is 11.8 Å². The molecule has 0 aliphatic carbocycles. The number of hydrogen-bond donors (Lipinski definition) is 2. The third-order valence-electron chi connectivity index (χ3n) is 2.48. The highest BCUT2D eigenvalue weighted by molar-refractivity contribution is 8.00. The van der Waals surface area contributed by atoms with Gasteiger partial charge in [0.05, 0.1) is 10.6 Å². The first-order valence-electron chi connectivity index (χ1n) is 5.19. The first kappa shape index (κ1) is 10.5. The van der Waals surface area contributed by atoms with E-state index in [0.29, 0.717) is 10.9 Å². The first-order chi connectivity index (χ1) is 7.22. The predicted octanol–water partition coefficient (Wildman–Crippen LogP) is 2.50. The Morgan fingerprint density at radius 1 is 1.40 bits per heavy atom. The van der Waals surface area contributed by atoms with Crippen molar-refractivity contribution in [3.8, 4) is 5.75 Å². The molecule has 0 spiro atoms. The zero-order valence-corrected chi connectivity index (χ0v) is 9.64. The van der Waals surface area contributed by atoms with E-state index in [9.17, 15) is 0 Å². The van der Waals surface area contributed by atoms with E-state index in [1.165, 1.54) is 6.42 Å². The molecular formula is C11H16N2OS. The van der Waals surface area contributed by atoms with Gasteiger partial charge in [0, 0.05) is 10.9 Å². The van der Waals surface area contributed by atoms with Gasteiger partial charge in [0.1, 0.15) is 6.61 Å². The summed E-state index contributed by atoms with van der Waals surface area (Å²) < 4.78 is 5.67. The summed E-state index contributed by atoms with van der Waals surface area (Å²) in [7, 11) is 0. The lowest BCUT2D eigenvalue weighted by Crippen LogP contribution is -2.20. The molecule has 0 aromatic heterocycles. The van der Waals surface area contributed by atoms with Crippen molar-refractivity contribution in [2.75, 3.05) is 18.1 Å². The van der Waals surface area contributed by atoms with Crippen LogP contribution < -0.4 is 16.2 Å². The van der Waals surface area contributed by atoms with Gasteiger partial charge in [-0.1, -0.05) is 13.3 Å². The van der Waals surface area contributed by atoms with Gasteiger partial charge >= 0.3 is 0 Å². The summed E-state index contributed by atoms with van der Waals surface area (Å²) in [4.78, 5) is 1.01. The normalized spacial score (nSPS) is 19.4. The van der Waals surface area contributed by atoms with E-state index < -0.39 is 0 Å². The zero-order valence-electron chi connectivity index (χ0n) is 8.82. The Bertz CT molecular complexity index is 368. The summed E-state index contributed by atoms with van der Waals surface area (Å²) >= 11 is 1.79. The second-order valence-electron chi connectivity index (χ2n) is 3.74. The van der Waals surface area contributed by atoms with Crippen molar-refractivity contribution in [3.63, 3.8) is 0 Å². The van der Waals surface area contributed by atoms with Gasteiger partial charge in [0.25, 0.3) is 0 Å². The smallest absolute Gasteiger partial charge is 0.157 e. The average molecular weight is 224 g/mol. The Morgan fingerprint density at radius 3 is 2.87 bits per heavy atom. The third kappa shape index (κ3) is 2.00. The molecule has 0 saturated heterocycles. The predicted molar refractivity (Wildman–Crippen MR) is 65.3 cm³/mol. The number of hydrogen-bond acceptors (Lipinski definition) is 4. The number of fused-ring (bicyclic) bond motifs is 1. The van der Waals surface area contributed by atoms with E-state index in [0.717, 1.165) is 29.4 Å². The van der Waals surface area contributed by atoms with Crippen molar-refractivity contribution < 1.29 is 4.74 Å². The maximum Gasteiger partial charge on any atom is 0.157 e. The Morgan fingerprint density at radius 2 is 2.13 bits per heavy atom. The summed E-state index contributed by atoms with van der Waals surface area (Å²) in [6.07, 6.45) is 2.32. The molecule has 1 aliphatic heterocycles. The molecule has 1 atom stereocenters. The van der Waals surface area contributed by atoms with Crippen molar-refractivity contribution in [3.05, 3.63) is 12.1 Å². The molecule has 1 heterocycles. The van der Waals surface area contributed by atoms with Crippen molar-refractivity contribution in [1.29, 1.82) is 0 Å². The van der Waals surface area contributed by atoms with Gasteiger partial charge in [-0.25, -0.2) is 0 Å². The fraction of sp³-hybridized carbons (Fsp3) is 0.455. The Balaban J connectivity index is 2.28. The quantitative estimate of drug-likeness (QED) is 0.758. The Hall–Kier alpha value is -1.03. The highest BCUT2D eigenvalue weighted by Crippen LogP contribution is 2.45. The van der Waals surface area contributed by atoms with Gasteiger partial charge in [0.15, 0.2) is 5.75 Å². The van der Waals surface area contributed by atoms with Gasteiger partial charge in [0.2, 0.25) is 0 Å². The van der Waals surface area contributed by atoms with Gasteiger partial charge in [-0.3, -0.25) is 0 Å². The molecule has 0 fully saturated rings. The molecule has 3 nitrogen and oxygen atoms in total. The molecular weight excluding hydrogens is 208 g/mol. The molecule has 0 amide bonds. The summed E-state index contributed by atoms with van der Waals surface area (Å²) in [5.41, 5.74) is 13.2. The monoisotopic (exact) mass is 224 g/mol. The van der Waals surface area contributed by atoms with E-state index in [-0.39, 0.29) is 0 Å². The third-order valence-corrected chi connectivity index (χ3v) is 3.84. The molecule has 1 aliphatic rings. The van der Waals surface area contributed by atoms with Crippen molar-refractivity contribution in [1.82, 2.24) is 0 Å². The van der Waals surface area contributed by atoms with Crippen molar-refractivity contribution in [2.45, 2.75) is 29.9 Å². The average Bonchev–Trinajstić information content (AvgIpc) is 2.24. The van der Waals surface area contributed by atoms with Crippen LogP contribution in [0, 0.1) is 0 Å². The van der Waals surface area contributed by atoms with Crippen LogP contribution >= 0.6 is 11.8 Å². The van der Waals surface area contributed by atoms with Crippen LogP contribution in [0.25, 0.3) is 0 Å². The topological polar surface area (TPSA) is 61.3 Å². The van der Waals surface area contributed by atoms with Gasteiger partial charge in [-0.2, -0.15) is 0 Å². The molecule has 0 bridgehead atoms. The summed E-state index contributed by atoms with van der Waals surface area (Å²) in [6, 6.07) is 3.65. The number of nitrogen functional groups attached to an aromatic ring is 2. The van der Waals surface area contributed by atoms with Crippen LogP contribution in [0.1, 0.15) is 19.8 Å². The maximum atomic E-state index is 5.91. The number of rotatable bonds is 2. The highest BCUT2D eigenvalue weighted by Gasteiger charge is 2.23. The second kappa shape index (κ2) is 4.23. The van der Waals surface area contributed by atoms with Crippen LogP contribution in [0.5, 0.6) is 5.75 Å².